The molecule has 166 valence electrons. The molecule has 0 bridgehead atoms. The standard InChI is InChI=1S/C19H38N4O4.HI/c1-6-20-17(21-10-8-13-26-16-9-14-25-15-16)22-11-12-23(7-2)18(24)27-19(3,4)5;/h16H,6-15H2,1-5H3,(H2,20,21,22);1H. The third-order valence-electron chi connectivity index (χ3n) is 3.87. The van der Waals surface area contributed by atoms with Crippen molar-refractivity contribution in [1.82, 2.24) is 15.5 Å². The van der Waals surface area contributed by atoms with Crippen molar-refractivity contribution in [3.8, 4) is 0 Å². The third-order valence-corrected chi connectivity index (χ3v) is 3.87. The number of carbonyl (C=O) groups is 1. The first-order valence-electron chi connectivity index (χ1n) is 10.0. The molecule has 1 unspecified atom stereocenters. The van der Waals surface area contributed by atoms with Crippen LogP contribution in [0.15, 0.2) is 4.99 Å². The number of halogens is 1. The lowest BCUT2D eigenvalue weighted by molar-refractivity contribution is 0.0264. The van der Waals surface area contributed by atoms with Gasteiger partial charge in [-0.1, -0.05) is 0 Å². The molecule has 1 aliphatic heterocycles. The van der Waals surface area contributed by atoms with Gasteiger partial charge in [0.15, 0.2) is 5.96 Å². The maximum atomic E-state index is 12.2. The Bertz CT molecular complexity index is 452. The minimum absolute atomic E-state index is 0. The van der Waals surface area contributed by atoms with Gasteiger partial charge in [0, 0.05) is 45.9 Å². The van der Waals surface area contributed by atoms with Gasteiger partial charge < -0.3 is 29.7 Å². The number of amides is 1. The fourth-order valence-electron chi connectivity index (χ4n) is 2.51. The highest BCUT2D eigenvalue weighted by Gasteiger charge is 2.20. The number of likely N-dealkylation sites (N-methyl/N-ethyl adjacent to an activating group) is 1. The highest BCUT2D eigenvalue weighted by atomic mass is 127. The van der Waals surface area contributed by atoms with Crippen LogP contribution in [0.5, 0.6) is 0 Å². The summed E-state index contributed by atoms with van der Waals surface area (Å²) in [7, 11) is 0. The van der Waals surface area contributed by atoms with Crippen LogP contribution in [0, 0.1) is 0 Å². The van der Waals surface area contributed by atoms with E-state index in [2.05, 4.69) is 15.6 Å². The number of rotatable bonds is 10. The van der Waals surface area contributed by atoms with Crippen molar-refractivity contribution >= 4 is 36.0 Å². The molecule has 0 aromatic heterocycles. The quantitative estimate of drug-likeness (QED) is 0.202. The van der Waals surface area contributed by atoms with Crippen LogP contribution in [0.2, 0.25) is 0 Å². The zero-order valence-corrected chi connectivity index (χ0v) is 20.4. The maximum absolute atomic E-state index is 12.2. The van der Waals surface area contributed by atoms with Crippen molar-refractivity contribution in [2.45, 2.75) is 59.2 Å². The van der Waals surface area contributed by atoms with Crippen molar-refractivity contribution < 1.29 is 19.0 Å². The van der Waals surface area contributed by atoms with E-state index in [4.69, 9.17) is 14.2 Å². The molecule has 1 aliphatic rings. The van der Waals surface area contributed by atoms with E-state index >= 15 is 0 Å². The van der Waals surface area contributed by atoms with Crippen LogP contribution < -0.4 is 10.6 Å². The van der Waals surface area contributed by atoms with Crippen molar-refractivity contribution in [3.05, 3.63) is 0 Å². The minimum atomic E-state index is -0.485. The highest BCUT2D eigenvalue weighted by Crippen LogP contribution is 2.09. The molecule has 0 aliphatic carbocycles. The van der Waals surface area contributed by atoms with Crippen LogP contribution in [0.4, 0.5) is 4.79 Å². The molecule has 1 atom stereocenters. The van der Waals surface area contributed by atoms with Crippen LogP contribution in [0.3, 0.4) is 0 Å². The summed E-state index contributed by atoms with van der Waals surface area (Å²) in [4.78, 5) is 18.4. The Morgan fingerprint density at radius 3 is 2.61 bits per heavy atom. The number of nitrogens with one attached hydrogen (secondary N) is 2. The smallest absolute Gasteiger partial charge is 0.410 e. The van der Waals surface area contributed by atoms with Gasteiger partial charge in [0.2, 0.25) is 0 Å². The Kier molecular flexibility index (Phi) is 14.6. The minimum Gasteiger partial charge on any atom is -0.444 e. The van der Waals surface area contributed by atoms with Crippen LogP contribution in [0.25, 0.3) is 0 Å². The van der Waals surface area contributed by atoms with E-state index in [1.54, 1.807) is 4.90 Å². The van der Waals surface area contributed by atoms with Gasteiger partial charge in [-0.2, -0.15) is 0 Å². The summed E-state index contributed by atoms with van der Waals surface area (Å²) in [6.45, 7) is 15.0. The SMILES string of the molecule is CCNC(=NCCCOC1CCOC1)NCCN(CC)C(=O)OC(C)(C)C.I. The summed E-state index contributed by atoms with van der Waals surface area (Å²) in [5.74, 6) is 0.752. The molecule has 1 saturated heterocycles. The van der Waals surface area contributed by atoms with Crippen molar-refractivity contribution in [1.29, 1.82) is 0 Å². The molecule has 1 fully saturated rings. The summed E-state index contributed by atoms with van der Waals surface area (Å²) in [5.41, 5.74) is -0.485. The predicted octanol–water partition coefficient (Wildman–Crippen LogP) is 2.61. The van der Waals surface area contributed by atoms with Gasteiger partial charge in [0.1, 0.15) is 5.60 Å². The summed E-state index contributed by atoms with van der Waals surface area (Å²) in [6.07, 6.45) is 1.81. The van der Waals surface area contributed by atoms with E-state index < -0.39 is 5.60 Å². The van der Waals surface area contributed by atoms with Crippen LogP contribution >= 0.6 is 24.0 Å². The molecule has 0 aromatic carbocycles. The normalized spacial score (nSPS) is 17.0. The van der Waals surface area contributed by atoms with Crippen molar-refractivity contribution in [2.24, 2.45) is 4.99 Å². The molecule has 0 aromatic rings. The first-order chi connectivity index (χ1) is 12.9. The first kappa shape index (κ1) is 27.2. The average Bonchev–Trinajstić information content (AvgIpc) is 3.10. The lowest BCUT2D eigenvalue weighted by Gasteiger charge is -2.26. The Hall–Kier alpha value is -0.810. The lowest BCUT2D eigenvalue weighted by Crippen LogP contribution is -2.44. The monoisotopic (exact) mass is 514 g/mol. The molecular weight excluding hydrogens is 475 g/mol. The average molecular weight is 514 g/mol. The molecule has 0 radical (unpaired) electrons. The maximum Gasteiger partial charge on any atom is 0.410 e. The molecule has 28 heavy (non-hydrogen) atoms. The van der Waals surface area contributed by atoms with Gasteiger partial charge in [-0.15, -0.1) is 24.0 Å². The van der Waals surface area contributed by atoms with Gasteiger partial charge in [-0.05, 0) is 47.5 Å². The van der Waals surface area contributed by atoms with Crippen LogP contribution in [-0.4, -0.2) is 81.2 Å². The summed E-state index contributed by atoms with van der Waals surface area (Å²) in [5, 5.41) is 6.48. The molecule has 8 nitrogen and oxygen atoms in total. The number of hydrogen-bond donors (Lipinski definition) is 2. The van der Waals surface area contributed by atoms with E-state index in [0.29, 0.717) is 39.4 Å². The number of nitrogens with zero attached hydrogens (tertiary/aromatic N) is 2. The molecule has 1 rings (SSSR count). The molecule has 1 heterocycles. The Morgan fingerprint density at radius 2 is 2.04 bits per heavy atom. The topological polar surface area (TPSA) is 84.4 Å². The summed E-state index contributed by atoms with van der Waals surface area (Å²) in [6, 6.07) is 0. The zero-order valence-electron chi connectivity index (χ0n) is 18.1. The molecule has 0 saturated carbocycles. The fourth-order valence-corrected chi connectivity index (χ4v) is 2.51. The lowest BCUT2D eigenvalue weighted by atomic mass is 10.2. The van der Waals surface area contributed by atoms with Gasteiger partial charge in [0.05, 0.1) is 12.7 Å². The zero-order chi connectivity index (χ0) is 20.1. The second-order valence-corrected chi connectivity index (χ2v) is 7.46. The Morgan fingerprint density at radius 1 is 1.29 bits per heavy atom. The fraction of sp³-hybridized carbons (Fsp3) is 0.895. The number of hydrogen-bond acceptors (Lipinski definition) is 5. The highest BCUT2D eigenvalue weighted by molar-refractivity contribution is 14.0. The van der Waals surface area contributed by atoms with E-state index in [1.165, 1.54) is 0 Å². The molecule has 0 spiro atoms. The first-order valence-corrected chi connectivity index (χ1v) is 10.0. The molecular formula is C19H39IN4O4. The van der Waals surface area contributed by atoms with E-state index in [9.17, 15) is 4.79 Å². The number of carbonyl (C=O) groups excluding carboxylic acids is 1. The Balaban J connectivity index is 0.00000729. The molecule has 9 heteroatoms. The molecule has 1 amide bonds. The van der Waals surface area contributed by atoms with Crippen LogP contribution in [0.1, 0.15) is 47.5 Å². The largest absolute Gasteiger partial charge is 0.444 e. The predicted molar refractivity (Wildman–Crippen MR) is 123 cm³/mol. The van der Waals surface area contributed by atoms with E-state index in [0.717, 1.165) is 32.0 Å². The number of aliphatic imine (C=N–C) groups is 1. The van der Waals surface area contributed by atoms with Crippen LogP contribution in [-0.2, 0) is 14.2 Å². The number of ether oxygens (including phenoxy) is 3. The van der Waals surface area contributed by atoms with Gasteiger partial charge in [0.25, 0.3) is 0 Å². The molecule has 2 N–H and O–H groups in total. The second-order valence-electron chi connectivity index (χ2n) is 7.46. The summed E-state index contributed by atoms with van der Waals surface area (Å²) < 4.78 is 16.5. The van der Waals surface area contributed by atoms with E-state index in [-0.39, 0.29) is 36.2 Å². The van der Waals surface area contributed by atoms with Gasteiger partial charge in [-0.25, -0.2) is 4.79 Å². The van der Waals surface area contributed by atoms with Crippen molar-refractivity contribution in [3.63, 3.8) is 0 Å². The third kappa shape index (κ3) is 12.6. The van der Waals surface area contributed by atoms with Gasteiger partial charge >= 0.3 is 6.09 Å². The van der Waals surface area contributed by atoms with E-state index in [1.807, 2.05) is 34.6 Å². The van der Waals surface area contributed by atoms with Gasteiger partial charge in [-0.3, -0.25) is 4.99 Å². The Labute approximate surface area is 187 Å². The second kappa shape index (κ2) is 15.1. The summed E-state index contributed by atoms with van der Waals surface area (Å²) >= 11 is 0. The van der Waals surface area contributed by atoms with Crippen molar-refractivity contribution in [2.75, 3.05) is 52.5 Å². The number of guanidine groups is 1.